The first-order chi connectivity index (χ1) is 7.41. The molecule has 1 amide bonds. The lowest BCUT2D eigenvalue weighted by Gasteiger charge is -2.11. The van der Waals surface area contributed by atoms with Crippen LogP contribution in [0.3, 0.4) is 0 Å². The number of carbonyl (C=O) groups is 1. The fourth-order valence-corrected chi connectivity index (χ4v) is 1.47. The first-order valence-corrected chi connectivity index (χ1v) is 5.08. The van der Waals surface area contributed by atoms with Crippen molar-refractivity contribution in [2.45, 2.75) is 27.3 Å². The number of aromatic nitrogens is 1. The first-order valence-electron chi connectivity index (χ1n) is 5.08. The second-order valence-electron chi connectivity index (χ2n) is 3.89. The van der Waals surface area contributed by atoms with Gasteiger partial charge >= 0.3 is 0 Å². The number of nitrogens with one attached hydrogen (secondary N) is 1. The van der Waals surface area contributed by atoms with Gasteiger partial charge < -0.3 is 11.1 Å². The van der Waals surface area contributed by atoms with Crippen molar-refractivity contribution in [1.29, 1.82) is 0 Å². The molecule has 1 heterocycles. The number of aryl methyl sites for hydroxylation is 2. The summed E-state index contributed by atoms with van der Waals surface area (Å²) >= 11 is 0. The number of amides is 1. The van der Waals surface area contributed by atoms with Crippen molar-refractivity contribution in [3.8, 4) is 0 Å². The number of hydrogen-bond donors (Lipinski definition) is 2. The first kappa shape index (κ1) is 12.2. The predicted molar refractivity (Wildman–Crippen MR) is 64.8 cm³/mol. The van der Waals surface area contributed by atoms with Crippen LogP contribution >= 0.6 is 0 Å². The fourth-order valence-electron chi connectivity index (χ4n) is 1.47. The lowest BCUT2D eigenvalue weighted by molar-refractivity contribution is -0.117. The molecule has 0 aliphatic rings. The van der Waals surface area contributed by atoms with Crippen LogP contribution in [0.2, 0.25) is 0 Å². The van der Waals surface area contributed by atoms with Crippen molar-refractivity contribution in [2.75, 3.05) is 5.73 Å². The van der Waals surface area contributed by atoms with E-state index < -0.39 is 0 Å². The minimum atomic E-state index is -0.143. The van der Waals surface area contributed by atoms with Crippen LogP contribution in [-0.2, 0) is 11.3 Å². The Hall–Kier alpha value is -1.84. The summed E-state index contributed by atoms with van der Waals surface area (Å²) in [5, 5.41) is 2.78. The summed E-state index contributed by atoms with van der Waals surface area (Å²) in [6.07, 6.45) is 0. The highest BCUT2D eigenvalue weighted by atomic mass is 16.1. The molecule has 3 N–H and O–H groups in total. The number of nitrogens with zero attached hydrogens (tertiary/aromatic N) is 1. The SMILES string of the molecule is C=C(C)C(=O)NCc1c(C)cc(N)nc1C. The van der Waals surface area contributed by atoms with Crippen molar-refractivity contribution >= 4 is 11.7 Å². The van der Waals surface area contributed by atoms with Crippen LogP contribution in [0, 0.1) is 13.8 Å². The smallest absolute Gasteiger partial charge is 0.246 e. The number of rotatable bonds is 3. The van der Waals surface area contributed by atoms with Crippen LogP contribution in [0.15, 0.2) is 18.2 Å². The van der Waals surface area contributed by atoms with E-state index in [1.165, 1.54) is 0 Å². The second-order valence-corrected chi connectivity index (χ2v) is 3.89. The average Bonchev–Trinajstić information content (AvgIpc) is 2.15. The van der Waals surface area contributed by atoms with Gasteiger partial charge in [-0.1, -0.05) is 6.58 Å². The van der Waals surface area contributed by atoms with Gasteiger partial charge in [-0.3, -0.25) is 4.79 Å². The van der Waals surface area contributed by atoms with Gasteiger partial charge in [-0.2, -0.15) is 0 Å². The minimum Gasteiger partial charge on any atom is -0.384 e. The molecule has 0 fully saturated rings. The highest BCUT2D eigenvalue weighted by Gasteiger charge is 2.07. The summed E-state index contributed by atoms with van der Waals surface area (Å²) in [7, 11) is 0. The number of nitrogen functional groups attached to an aromatic ring is 1. The fraction of sp³-hybridized carbons (Fsp3) is 0.333. The van der Waals surface area contributed by atoms with Gasteiger partial charge in [-0.15, -0.1) is 0 Å². The molecule has 0 saturated heterocycles. The van der Waals surface area contributed by atoms with Crippen molar-refractivity contribution in [2.24, 2.45) is 0 Å². The topological polar surface area (TPSA) is 68.0 Å². The van der Waals surface area contributed by atoms with Gasteiger partial charge in [0.15, 0.2) is 0 Å². The number of carbonyl (C=O) groups excluding carboxylic acids is 1. The average molecular weight is 219 g/mol. The van der Waals surface area contributed by atoms with Gasteiger partial charge in [0, 0.05) is 17.8 Å². The van der Waals surface area contributed by atoms with E-state index in [-0.39, 0.29) is 5.91 Å². The summed E-state index contributed by atoms with van der Waals surface area (Å²) in [6, 6.07) is 1.80. The Morgan fingerprint density at radius 2 is 2.19 bits per heavy atom. The number of nitrogens with two attached hydrogens (primary N) is 1. The third kappa shape index (κ3) is 2.82. The molecule has 1 rings (SSSR count). The molecular weight excluding hydrogens is 202 g/mol. The van der Waals surface area contributed by atoms with Gasteiger partial charge in [-0.25, -0.2) is 4.98 Å². The highest BCUT2D eigenvalue weighted by Crippen LogP contribution is 2.14. The number of anilines is 1. The molecule has 0 atom stereocenters. The van der Waals surface area contributed by atoms with Gasteiger partial charge in [-0.05, 0) is 38.0 Å². The summed E-state index contributed by atoms with van der Waals surface area (Å²) in [4.78, 5) is 15.5. The van der Waals surface area contributed by atoms with E-state index in [1.54, 1.807) is 13.0 Å². The standard InChI is InChI=1S/C12H17N3O/c1-7(2)12(16)14-6-10-8(3)5-11(13)15-9(10)4/h5H,1,6H2,2-4H3,(H2,13,15)(H,14,16). The maximum absolute atomic E-state index is 11.3. The lowest BCUT2D eigenvalue weighted by Crippen LogP contribution is -2.24. The molecule has 0 aliphatic heterocycles. The summed E-state index contributed by atoms with van der Waals surface area (Å²) < 4.78 is 0. The van der Waals surface area contributed by atoms with Crippen LogP contribution in [0.1, 0.15) is 23.7 Å². The molecule has 0 aromatic carbocycles. The molecule has 4 nitrogen and oxygen atoms in total. The molecule has 0 aliphatic carbocycles. The van der Waals surface area contributed by atoms with E-state index in [0.29, 0.717) is 17.9 Å². The Labute approximate surface area is 95.6 Å². The van der Waals surface area contributed by atoms with E-state index in [1.807, 2.05) is 13.8 Å². The normalized spacial score (nSPS) is 9.94. The Balaban J connectivity index is 2.82. The van der Waals surface area contributed by atoms with E-state index in [0.717, 1.165) is 16.8 Å². The van der Waals surface area contributed by atoms with Crippen LogP contribution in [-0.4, -0.2) is 10.9 Å². The van der Waals surface area contributed by atoms with E-state index in [2.05, 4.69) is 16.9 Å². The van der Waals surface area contributed by atoms with Crippen LogP contribution in [0.4, 0.5) is 5.82 Å². The van der Waals surface area contributed by atoms with Crippen molar-refractivity contribution < 1.29 is 4.79 Å². The monoisotopic (exact) mass is 219 g/mol. The summed E-state index contributed by atoms with van der Waals surface area (Å²) in [6.45, 7) is 9.54. The summed E-state index contributed by atoms with van der Waals surface area (Å²) in [5.41, 5.74) is 9.00. The number of hydrogen-bond acceptors (Lipinski definition) is 3. The quantitative estimate of drug-likeness (QED) is 0.756. The molecule has 0 radical (unpaired) electrons. The molecular formula is C12H17N3O. The van der Waals surface area contributed by atoms with E-state index >= 15 is 0 Å². The van der Waals surface area contributed by atoms with Crippen molar-refractivity contribution in [3.05, 3.63) is 35.0 Å². The van der Waals surface area contributed by atoms with Gasteiger partial charge in [0.1, 0.15) is 5.82 Å². The zero-order valence-corrected chi connectivity index (χ0v) is 9.92. The van der Waals surface area contributed by atoms with Crippen molar-refractivity contribution in [3.63, 3.8) is 0 Å². The highest BCUT2D eigenvalue weighted by molar-refractivity contribution is 5.92. The van der Waals surface area contributed by atoms with E-state index in [9.17, 15) is 4.79 Å². The van der Waals surface area contributed by atoms with Gasteiger partial charge in [0.05, 0.1) is 0 Å². The molecule has 1 aromatic rings. The minimum absolute atomic E-state index is 0.143. The summed E-state index contributed by atoms with van der Waals surface area (Å²) in [5.74, 6) is 0.362. The molecule has 0 saturated carbocycles. The maximum Gasteiger partial charge on any atom is 0.246 e. The lowest BCUT2D eigenvalue weighted by atomic mass is 10.1. The zero-order chi connectivity index (χ0) is 12.3. The second kappa shape index (κ2) is 4.79. The zero-order valence-electron chi connectivity index (χ0n) is 9.92. The predicted octanol–water partition coefficient (Wildman–Crippen LogP) is 1.47. The third-order valence-corrected chi connectivity index (χ3v) is 2.39. The third-order valence-electron chi connectivity index (χ3n) is 2.39. The molecule has 4 heteroatoms. The molecule has 0 unspecified atom stereocenters. The Kier molecular flexibility index (Phi) is 3.66. The van der Waals surface area contributed by atoms with Crippen molar-refractivity contribution in [1.82, 2.24) is 10.3 Å². The molecule has 16 heavy (non-hydrogen) atoms. The number of pyridine rings is 1. The Morgan fingerprint density at radius 1 is 1.56 bits per heavy atom. The Bertz CT molecular complexity index is 415. The van der Waals surface area contributed by atoms with E-state index in [4.69, 9.17) is 5.73 Å². The largest absolute Gasteiger partial charge is 0.384 e. The maximum atomic E-state index is 11.3. The van der Waals surface area contributed by atoms with Crippen LogP contribution in [0.5, 0.6) is 0 Å². The molecule has 0 spiro atoms. The van der Waals surface area contributed by atoms with Crippen LogP contribution < -0.4 is 11.1 Å². The Morgan fingerprint density at radius 3 is 2.69 bits per heavy atom. The molecule has 86 valence electrons. The van der Waals surface area contributed by atoms with Gasteiger partial charge in [0.2, 0.25) is 5.91 Å². The molecule has 1 aromatic heterocycles. The molecule has 0 bridgehead atoms. The van der Waals surface area contributed by atoms with Crippen LogP contribution in [0.25, 0.3) is 0 Å². The van der Waals surface area contributed by atoms with Gasteiger partial charge in [0.25, 0.3) is 0 Å².